The number of nitro benzene ring substituents is 1. The fraction of sp³-hybridized carbons (Fsp3) is 0. The molecule has 0 radical (unpaired) electrons. The number of nitrogens with one attached hydrogen (secondary N) is 1. The number of hydrogen-bond acceptors (Lipinski definition) is 6. The number of carbonyl (C=O) groups is 1. The number of thiazole rings is 1. The Hall–Kier alpha value is -3.30. The van der Waals surface area contributed by atoms with Gasteiger partial charge in [0.15, 0.2) is 0 Å². The molecular weight excluding hydrogens is 390 g/mol. The largest absolute Gasteiger partial charge is 0.289 e. The van der Waals surface area contributed by atoms with E-state index in [2.05, 4.69) is 15.4 Å². The number of nitrogens with zero attached hydrogens (tertiary/aromatic N) is 4. The molecule has 2 aromatic carbocycles. The number of rotatable bonds is 4. The first-order chi connectivity index (χ1) is 13.0. The summed E-state index contributed by atoms with van der Waals surface area (Å²) in [6.07, 6.45) is 0. The zero-order chi connectivity index (χ0) is 19.0. The van der Waals surface area contributed by atoms with Crippen LogP contribution in [0.1, 0.15) is 10.4 Å². The number of carbonyl (C=O) groups excluding carboxylic acids is 1. The maximum Gasteiger partial charge on any atom is 0.288 e. The summed E-state index contributed by atoms with van der Waals surface area (Å²) in [7, 11) is 0. The van der Waals surface area contributed by atoms with Crippen molar-refractivity contribution < 1.29 is 9.72 Å². The Labute approximate surface area is 161 Å². The molecule has 2 aromatic heterocycles. The molecule has 0 unspecified atom stereocenters. The van der Waals surface area contributed by atoms with Crippen LogP contribution in [0.3, 0.4) is 0 Å². The van der Waals surface area contributed by atoms with E-state index < -0.39 is 10.8 Å². The summed E-state index contributed by atoms with van der Waals surface area (Å²) in [6.45, 7) is 0. The van der Waals surface area contributed by atoms with E-state index in [9.17, 15) is 14.9 Å². The Morgan fingerprint density at radius 2 is 2.00 bits per heavy atom. The smallest absolute Gasteiger partial charge is 0.288 e. The highest BCUT2D eigenvalue weighted by Gasteiger charge is 2.18. The lowest BCUT2D eigenvalue weighted by molar-refractivity contribution is -0.384. The Bertz CT molecular complexity index is 1170. The SMILES string of the molecule is O=C(Nc1nc2scc(-c3ccccc3)n2n1)c1ccc(Cl)c([N+](=O)[O-])c1. The summed E-state index contributed by atoms with van der Waals surface area (Å²) in [5.74, 6) is -0.448. The fourth-order valence-corrected chi connectivity index (χ4v) is 3.53. The number of anilines is 1. The normalized spacial score (nSPS) is 10.9. The monoisotopic (exact) mass is 399 g/mol. The maximum absolute atomic E-state index is 12.4. The van der Waals surface area contributed by atoms with Gasteiger partial charge in [-0.2, -0.15) is 4.98 Å². The average Bonchev–Trinajstić information content (AvgIpc) is 3.22. The molecule has 0 saturated heterocycles. The first kappa shape index (κ1) is 17.1. The van der Waals surface area contributed by atoms with Crippen LogP contribution in [0.15, 0.2) is 53.9 Å². The van der Waals surface area contributed by atoms with Crippen LogP contribution in [-0.2, 0) is 0 Å². The lowest BCUT2D eigenvalue weighted by Gasteiger charge is -2.02. The second-order valence-corrected chi connectivity index (χ2v) is 6.74. The van der Waals surface area contributed by atoms with Gasteiger partial charge in [0.2, 0.25) is 4.96 Å². The zero-order valence-electron chi connectivity index (χ0n) is 13.5. The Morgan fingerprint density at radius 1 is 1.22 bits per heavy atom. The van der Waals surface area contributed by atoms with Crippen molar-refractivity contribution in [1.29, 1.82) is 0 Å². The topological polar surface area (TPSA) is 102 Å². The molecule has 0 fully saturated rings. The van der Waals surface area contributed by atoms with Gasteiger partial charge in [-0.25, -0.2) is 4.52 Å². The van der Waals surface area contributed by atoms with Gasteiger partial charge in [0, 0.05) is 22.6 Å². The lowest BCUT2D eigenvalue weighted by Crippen LogP contribution is -2.13. The van der Waals surface area contributed by atoms with Gasteiger partial charge >= 0.3 is 0 Å². The van der Waals surface area contributed by atoms with Gasteiger partial charge < -0.3 is 0 Å². The number of benzene rings is 2. The van der Waals surface area contributed by atoms with E-state index in [-0.39, 0.29) is 22.2 Å². The minimum absolute atomic E-state index is 0.0373. The van der Waals surface area contributed by atoms with E-state index in [0.717, 1.165) is 17.3 Å². The molecule has 4 rings (SSSR count). The second kappa shape index (κ2) is 6.78. The van der Waals surface area contributed by atoms with E-state index in [0.29, 0.717) is 4.96 Å². The van der Waals surface area contributed by atoms with Gasteiger partial charge in [0.1, 0.15) is 5.02 Å². The quantitative estimate of drug-likeness (QED) is 0.407. The highest BCUT2D eigenvalue weighted by molar-refractivity contribution is 7.15. The van der Waals surface area contributed by atoms with Crippen molar-refractivity contribution in [2.24, 2.45) is 0 Å². The minimum Gasteiger partial charge on any atom is -0.289 e. The number of aromatic nitrogens is 3. The molecule has 0 aliphatic carbocycles. The van der Waals surface area contributed by atoms with Crippen molar-refractivity contribution in [3.05, 3.63) is 74.6 Å². The average molecular weight is 400 g/mol. The number of fused-ring (bicyclic) bond motifs is 1. The van der Waals surface area contributed by atoms with Crippen LogP contribution in [-0.4, -0.2) is 25.4 Å². The molecule has 0 saturated carbocycles. The van der Waals surface area contributed by atoms with Gasteiger partial charge in [-0.1, -0.05) is 41.9 Å². The van der Waals surface area contributed by atoms with Crippen molar-refractivity contribution >= 4 is 45.4 Å². The maximum atomic E-state index is 12.4. The number of nitro groups is 1. The summed E-state index contributed by atoms with van der Waals surface area (Å²) in [5.41, 5.74) is 1.58. The van der Waals surface area contributed by atoms with Crippen LogP contribution in [0.5, 0.6) is 0 Å². The van der Waals surface area contributed by atoms with Crippen LogP contribution in [0.4, 0.5) is 11.6 Å². The predicted octanol–water partition coefficient (Wildman–Crippen LogP) is 4.27. The Kier molecular flexibility index (Phi) is 4.30. The third kappa shape index (κ3) is 3.25. The third-order valence-corrected chi connectivity index (χ3v) is 4.92. The molecule has 0 spiro atoms. The minimum atomic E-state index is -0.643. The molecule has 27 heavy (non-hydrogen) atoms. The highest BCUT2D eigenvalue weighted by Crippen LogP contribution is 2.27. The van der Waals surface area contributed by atoms with Gasteiger partial charge in [-0.15, -0.1) is 16.4 Å². The molecule has 10 heteroatoms. The molecule has 4 aromatic rings. The molecule has 0 atom stereocenters. The Balaban J connectivity index is 1.63. The summed E-state index contributed by atoms with van der Waals surface area (Å²) < 4.78 is 1.64. The number of halogens is 1. The summed E-state index contributed by atoms with van der Waals surface area (Å²) in [5, 5.41) is 19.7. The van der Waals surface area contributed by atoms with Crippen LogP contribution >= 0.6 is 22.9 Å². The van der Waals surface area contributed by atoms with Gasteiger partial charge in [0.05, 0.1) is 10.6 Å². The van der Waals surface area contributed by atoms with Gasteiger partial charge in [-0.05, 0) is 12.1 Å². The molecule has 2 heterocycles. The van der Waals surface area contributed by atoms with E-state index in [1.54, 1.807) is 4.52 Å². The lowest BCUT2D eigenvalue weighted by atomic mass is 10.2. The standard InChI is InChI=1S/C17H10ClN5O3S/c18-12-7-6-11(8-13(12)23(25)26)15(24)19-16-20-17-22(21-16)14(9-27-17)10-4-2-1-3-5-10/h1-9H,(H,19,21,24). The summed E-state index contributed by atoms with van der Waals surface area (Å²) in [4.78, 5) is 27.6. The molecule has 0 aliphatic rings. The van der Waals surface area contributed by atoms with Crippen LogP contribution in [0.25, 0.3) is 16.2 Å². The first-order valence-electron chi connectivity index (χ1n) is 7.68. The van der Waals surface area contributed by atoms with Crippen molar-refractivity contribution in [3.63, 3.8) is 0 Å². The molecule has 8 nitrogen and oxygen atoms in total. The molecular formula is C17H10ClN5O3S. The summed E-state index contributed by atoms with van der Waals surface area (Å²) in [6, 6.07) is 13.5. The molecule has 1 N–H and O–H groups in total. The molecule has 0 bridgehead atoms. The van der Waals surface area contributed by atoms with E-state index >= 15 is 0 Å². The van der Waals surface area contributed by atoms with Crippen LogP contribution in [0.2, 0.25) is 5.02 Å². The summed E-state index contributed by atoms with van der Waals surface area (Å²) >= 11 is 7.16. The van der Waals surface area contributed by atoms with E-state index in [4.69, 9.17) is 11.6 Å². The number of hydrogen-bond donors (Lipinski definition) is 1. The third-order valence-electron chi connectivity index (χ3n) is 3.78. The number of amides is 1. The van der Waals surface area contributed by atoms with Gasteiger partial charge in [0.25, 0.3) is 17.5 Å². The Morgan fingerprint density at radius 3 is 2.74 bits per heavy atom. The predicted molar refractivity (Wildman–Crippen MR) is 102 cm³/mol. The van der Waals surface area contributed by atoms with Crippen LogP contribution < -0.4 is 5.32 Å². The van der Waals surface area contributed by atoms with Crippen molar-refractivity contribution in [2.45, 2.75) is 0 Å². The van der Waals surface area contributed by atoms with Crippen molar-refractivity contribution in [1.82, 2.24) is 14.6 Å². The van der Waals surface area contributed by atoms with E-state index in [1.165, 1.54) is 23.5 Å². The second-order valence-electron chi connectivity index (χ2n) is 5.49. The zero-order valence-corrected chi connectivity index (χ0v) is 15.1. The van der Waals surface area contributed by atoms with Crippen molar-refractivity contribution in [3.8, 4) is 11.3 Å². The fourth-order valence-electron chi connectivity index (χ4n) is 2.51. The first-order valence-corrected chi connectivity index (χ1v) is 8.93. The van der Waals surface area contributed by atoms with Crippen molar-refractivity contribution in [2.75, 3.05) is 5.32 Å². The molecule has 1 amide bonds. The van der Waals surface area contributed by atoms with Crippen LogP contribution in [0, 0.1) is 10.1 Å². The van der Waals surface area contributed by atoms with E-state index in [1.807, 2.05) is 35.7 Å². The highest BCUT2D eigenvalue weighted by atomic mass is 35.5. The van der Waals surface area contributed by atoms with Gasteiger partial charge in [-0.3, -0.25) is 20.2 Å². The molecule has 0 aliphatic heterocycles. The molecule has 134 valence electrons.